The highest BCUT2D eigenvalue weighted by Crippen LogP contribution is 2.46. The third kappa shape index (κ3) is 3.12. The topological polar surface area (TPSA) is 77.1 Å². The van der Waals surface area contributed by atoms with Crippen LogP contribution in [0.4, 0.5) is 0 Å². The number of ether oxygens (including phenoxy) is 1. The summed E-state index contributed by atoms with van der Waals surface area (Å²) in [5.74, 6) is 0.925. The number of para-hydroxylation sites is 2. The Kier molecular flexibility index (Phi) is 4.60. The standard InChI is InChI=1S/C37H23N3O2/c38-20-21-9-13-31(27(17-21)22-10-15-34-28(18-22)29-19-23(39)11-16-35(29)41-34)40-30-7-3-1-6-26(30)36-32(40)14-12-25-24-5-2-4-8-33(24)42-37(25)36/h1-19,29,35H,39H2. The molecule has 1 aliphatic heterocycles. The lowest BCUT2D eigenvalue weighted by Crippen LogP contribution is -2.18. The summed E-state index contributed by atoms with van der Waals surface area (Å²) in [5, 5.41) is 14.3. The van der Waals surface area contributed by atoms with E-state index in [0.29, 0.717) is 5.56 Å². The molecule has 3 heterocycles. The second-order valence-electron chi connectivity index (χ2n) is 11.0. The summed E-state index contributed by atoms with van der Waals surface area (Å²) in [6, 6.07) is 35.5. The molecule has 0 saturated heterocycles. The van der Waals surface area contributed by atoms with Gasteiger partial charge < -0.3 is 19.5 Å². The molecule has 0 spiro atoms. The number of hydrogen-bond donors (Lipinski definition) is 1. The van der Waals surface area contributed by atoms with E-state index in [1.165, 1.54) is 0 Å². The van der Waals surface area contributed by atoms with Gasteiger partial charge in [-0.25, -0.2) is 0 Å². The van der Waals surface area contributed by atoms with Crippen LogP contribution in [0.1, 0.15) is 17.0 Å². The van der Waals surface area contributed by atoms with E-state index in [9.17, 15) is 5.26 Å². The largest absolute Gasteiger partial charge is 0.485 e. The van der Waals surface area contributed by atoms with Crippen LogP contribution in [0.2, 0.25) is 0 Å². The number of furan rings is 1. The van der Waals surface area contributed by atoms with Crippen molar-refractivity contribution in [1.82, 2.24) is 4.57 Å². The van der Waals surface area contributed by atoms with Gasteiger partial charge in [0.2, 0.25) is 0 Å². The van der Waals surface area contributed by atoms with E-state index in [0.717, 1.165) is 77.6 Å². The number of nitriles is 1. The number of benzene rings is 5. The Morgan fingerprint density at radius 1 is 0.810 bits per heavy atom. The van der Waals surface area contributed by atoms with Crippen molar-refractivity contribution in [2.45, 2.75) is 12.0 Å². The van der Waals surface area contributed by atoms with Crippen LogP contribution in [-0.2, 0) is 0 Å². The van der Waals surface area contributed by atoms with Crippen molar-refractivity contribution < 1.29 is 9.15 Å². The second kappa shape index (κ2) is 8.39. The monoisotopic (exact) mass is 541 g/mol. The molecule has 2 aliphatic rings. The van der Waals surface area contributed by atoms with Gasteiger partial charge in [-0.05, 0) is 78.4 Å². The highest BCUT2D eigenvalue weighted by Gasteiger charge is 2.33. The van der Waals surface area contributed by atoms with Gasteiger partial charge in [0.1, 0.15) is 23.0 Å². The minimum absolute atomic E-state index is 0.0576. The minimum atomic E-state index is -0.0592. The molecule has 0 bridgehead atoms. The van der Waals surface area contributed by atoms with E-state index in [4.69, 9.17) is 14.9 Å². The number of fused-ring (bicyclic) bond motifs is 10. The van der Waals surface area contributed by atoms with Gasteiger partial charge in [0.25, 0.3) is 0 Å². The normalized spacial score (nSPS) is 17.4. The van der Waals surface area contributed by atoms with Crippen LogP contribution in [-0.4, -0.2) is 10.7 Å². The molecule has 7 aromatic rings. The third-order valence-electron chi connectivity index (χ3n) is 8.69. The molecule has 5 heteroatoms. The average Bonchev–Trinajstić information content (AvgIpc) is 3.69. The summed E-state index contributed by atoms with van der Waals surface area (Å²) in [6.07, 6.45) is 5.94. The van der Waals surface area contributed by atoms with E-state index >= 15 is 0 Å². The maximum absolute atomic E-state index is 9.88. The molecule has 5 aromatic carbocycles. The fourth-order valence-corrected chi connectivity index (χ4v) is 6.82. The summed E-state index contributed by atoms with van der Waals surface area (Å²) >= 11 is 0. The van der Waals surface area contributed by atoms with Gasteiger partial charge in [0, 0.05) is 38.9 Å². The first-order valence-corrected chi connectivity index (χ1v) is 14.0. The number of nitrogens with two attached hydrogens (primary N) is 1. The second-order valence-corrected chi connectivity index (χ2v) is 11.0. The van der Waals surface area contributed by atoms with Crippen molar-refractivity contribution in [3.05, 3.63) is 132 Å². The molecule has 2 unspecified atom stereocenters. The Bertz CT molecular complexity index is 2380. The predicted octanol–water partition coefficient (Wildman–Crippen LogP) is 8.48. The van der Waals surface area contributed by atoms with Gasteiger partial charge in [0.05, 0.1) is 33.7 Å². The molecule has 0 amide bonds. The van der Waals surface area contributed by atoms with Crippen LogP contribution >= 0.6 is 0 Å². The predicted molar refractivity (Wildman–Crippen MR) is 167 cm³/mol. The Hall–Kier alpha value is -5.73. The Balaban J connectivity index is 1.33. The lowest BCUT2D eigenvalue weighted by molar-refractivity contribution is 0.268. The zero-order valence-corrected chi connectivity index (χ0v) is 22.4. The van der Waals surface area contributed by atoms with E-state index in [1.807, 2.05) is 48.6 Å². The van der Waals surface area contributed by atoms with Crippen molar-refractivity contribution in [3.63, 3.8) is 0 Å². The van der Waals surface area contributed by atoms with Crippen molar-refractivity contribution in [3.8, 4) is 28.6 Å². The zero-order chi connectivity index (χ0) is 27.9. The highest BCUT2D eigenvalue weighted by atomic mass is 16.5. The Morgan fingerprint density at radius 3 is 2.57 bits per heavy atom. The first-order chi connectivity index (χ1) is 20.7. The summed E-state index contributed by atoms with van der Waals surface area (Å²) in [7, 11) is 0. The maximum atomic E-state index is 9.88. The fourth-order valence-electron chi connectivity index (χ4n) is 6.82. The van der Waals surface area contributed by atoms with Crippen molar-refractivity contribution in [2.24, 2.45) is 5.73 Å². The molecule has 198 valence electrons. The quantitative estimate of drug-likeness (QED) is 0.238. The molecule has 0 saturated carbocycles. The van der Waals surface area contributed by atoms with Crippen LogP contribution in [0, 0.1) is 11.3 Å². The molecular weight excluding hydrogens is 518 g/mol. The van der Waals surface area contributed by atoms with Crippen LogP contribution in [0.15, 0.2) is 125 Å². The van der Waals surface area contributed by atoms with Gasteiger partial charge in [-0.15, -0.1) is 0 Å². The smallest absolute Gasteiger partial charge is 0.145 e. The fraction of sp³-hybridized carbons (Fsp3) is 0.0541. The lowest BCUT2D eigenvalue weighted by atomic mass is 9.89. The zero-order valence-electron chi connectivity index (χ0n) is 22.4. The first kappa shape index (κ1) is 23.0. The molecule has 1 aliphatic carbocycles. The van der Waals surface area contributed by atoms with Gasteiger partial charge >= 0.3 is 0 Å². The number of aromatic nitrogens is 1. The van der Waals surface area contributed by atoms with E-state index in [-0.39, 0.29) is 12.0 Å². The van der Waals surface area contributed by atoms with Crippen molar-refractivity contribution >= 4 is 43.7 Å². The Labute approximate surface area is 240 Å². The molecule has 2 atom stereocenters. The summed E-state index contributed by atoms with van der Waals surface area (Å²) in [5.41, 5.74) is 15.5. The molecule has 0 radical (unpaired) electrons. The highest BCUT2D eigenvalue weighted by molar-refractivity contribution is 6.24. The Morgan fingerprint density at radius 2 is 1.67 bits per heavy atom. The molecule has 0 fully saturated rings. The van der Waals surface area contributed by atoms with Crippen molar-refractivity contribution in [1.29, 1.82) is 5.26 Å². The molecule has 5 nitrogen and oxygen atoms in total. The van der Waals surface area contributed by atoms with Gasteiger partial charge in [-0.3, -0.25) is 0 Å². The molecule has 9 rings (SSSR count). The number of nitrogens with zero attached hydrogens (tertiary/aromatic N) is 2. The van der Waals surface area contributed by atoms with Gasteiger partial charge in [-0.1, -0.05) is 42.5 Å². The van der Waals surface area contributed by atoms with Crippen LogP contribution in [0.3, 0.4) is 0 Å². The van der Waals surface area contributed by atoms with Crippen LogP contribution in [0.5, 0.6) is 5.75 Å². The maximum Gasteiger partial charge on any atom is 0.145 e. The minimum Gasteiger partial charge on any atom is -0.485 e. The van der Waals surface area contributed by atoms with E-state index in [1.54, 1.807) is 0 Å². The number of hydrogen-bond acceptors (Lipinski definition) is 4. The molecular formula is C37H23N3O2. The SMILES string of the molecule is N#Cc1ccc(-n2c3ccccc3c3c4oc5ccccc5c4ccc32)c(-c2ccc3c(c2)C2C=C(N)C=CC2O3)c1. The van der Waals surface area contributed by atoms with E-state index in [2.05, 4.69) is 77.4 Å². The molecule has 2 N–H and O–H groups in total. The lowest BCUT2D eigenvalue weighted by Gasteiger charge is -2.17. The van der Waals surface area contributed by atoms with Gasteiger partial charge in [0.15, 0.2) is 0 Å². The number of rotatable bonds is 2. The summed E-state index contributed by atoms with van der Waals surface area (Å²) in [6.45, 7) is 0. The molecule has 2 aromatic heterocycles. The van der Waals surface area contributed by atoms with Crippen molar-refractivity contribution in [2.75, 3.05) is 0 Å². The molecule has 42 heavy (non-hydrogen) atoms. The van der Waals surface area contributed by atoms with Crippen LogP contribution < -0.4 is 10.5 Å². The van der Waals surface area contributed by atoms with Gasteiger partial charge in [-0.2, -0.15) is 5.26 Å². The average molecular weight is 542 g/mol. The number of allylic oxidation sites excluding steroid dienone is 1. The van der Waals surface area contributed by atoms with Crippen LogP contribution in [0.25, 0.3) is 60.6 Å². The summed E-state index contributed by atoms with van der Waals surface area (Å²) < 4.78 is 15.0. The van der Waals surface area contributed by atoms with E-state index < -0.39 is 0 Å². The first-order valence-electron chi connectivity index (χ1n) is 14.0. The summed E-state index contributed by atoms with van der Waals surface area (Å²) in [4.78, 5) is 0. The third-order valence-corrected chi connectivity index (χ3v) is 8.69.